The summed E-state index contributed by atoms with van der Waals surface area (Å²) in [5.74, 6) is 2.62. The molecule has 0 amide bonds. The maximum absolute atomic E-state index is 10.9. The van der Waals surface area contributed by atoms with E-state index in [9.17, 15) is 10.1 Å². The van der Waals surface area contributed by atoms with Crippen LogP contribution in [0.2, 0.25) is 0 Å². The van der Waals surface area contributed by atoms with E-state index >= 15 is 0 Å². The molecule has 2 N–H and O–H groups in total. The van der Waals surface area contributed by atoms with Crippen LogP contribution in [-0.2, 0) is 0 Å². The number of nitrogens with one attached hydrogen (secondary N) is 2. The Labute approximate surface area is 125 Å². The third-order valence-corrected chi connectivity index (χ3v) is 4.39. The Morgan fingerprint density at radius 2 is 1.86 bits per heavy atom. The van der Waals surface area contributed by atoms with Gasteiger partial charge in [0.15, 0.2) is 0 Å². The van der Waals surface area contributed by atoms with E-state index in [4.69, 9.17) is 0 Å². The summed E-state index contributed by atoms with van der Waals surface area (Å²) in [6.45, 7) is 3.10. The lowest BCUT2D eigenvalue weighted by Gasteiger charge is -2.28. The van der Waals surface area contributed by atoms with E-state index in [1.165, 1.54) is 44.2 Å². The van der Waals surface area contributed by atoms with Crippen molar-refractivity contribution in [3.05, 3.63) is 22.2 Å². The van der Waals surface area contributed by atoms with E-state index < -0.39 is 0 Å². The van der Waals surface area contributed by atoms with Gasteiger partial charge in [-0.25, -0.2) is 4.98 Å². The molecule has 1 aliphatic rings. The minimum Gasteiger partial charge on any atom is -0.373 e. The van der Waals surface area contributed by atoms with Crippen LogP contribution in [0.3, 0.4) is 0 Å². The SMILES string of the molecule is CCC1CCC(CNc2cc([N+](=O)[O-])cc(NC)n2)CC1. The van der Waals surface area contributed by atoms with Crippen molar-refractivity contribution in [2.24, 2.45) is 11.8 Å². The first-order valence-electron chi connectivity index (χ1n) is 7.70. The van der Waals surface area contributed by atoms with Crippen LogP contribution >= 0.6 is 0 Å². The molecule has 2 rings (SSSR count). The Bertz CT molecular complexity index is 485. The molecule has 0 aromatic carbocycles. The number of nitrogens with zero attached hydrogens (tertiary/aromatic N) is 2. The normalized spacial score (nSPS) is 21.8. The fourth-order valence-corrected chi connectivity index (χ4v) is 2.93. The summed E-state index contributed by atoms with van der Waals surface area (Å²) in [5.41, 5.74) is 0.0616. The third kappa shape index (κ3) is 4.31. The van der Waals surface area contributed by atoms with E-state index in [0.29, 0.717) is 17.6 Å². The summed E-state index contributed by atoms with van der Waals surface area (Å²) in [7, 11) is 1.71. The van der Waals surface area contributed by atoms with Gasteiger partial charge in [-0.3, -0.25) is 10.1 Å². The number of nitro groups is 1. The highest BCUT2D eigenvalue weighted by Gasteiger charge is 2.20. The van der Waals surface area contributed by atoms with Crippen molar-refractivity contribution in [1.29, 1.82) is 0 Å². The molecule has 6 heteroatoms. The molecule has 0 aliphatic heterocycles. The first kappa shape index (κ1) is 15.5. The first-order chi connectivity index (χ1) is 10.1. The van der Waals surface area contributed by atoms with Gasteiger partial charge in [0.1, 0.15) is 11.6 Å². The number of pyridine rings is 1. The van der Waals surface area contributed by atoms with E-state index in [-0.39, 0.29) is 10.6 Å². The lowest BCUT2D eigenvalue weighted by molar-refractivity contribution is -0.384. The Kier molecular flexibility index (Phi) is 5.36. The van der Waals surface area contributed by atoms with Gasteiger partial charge in [-0.05, 0) is 24.7 Å². The number of rotatable bonds is 6. The number of anilines is 2. The van der Waals surface area contributed by atoms with Gasteiger partial charge in [-0.15, -0.1) is 0 Å². The highest BCUT2D eigenvalue weighted by Crippen LogP contribution is 2.31. The molecule has 1 saturated carbocycles. The largest absolute Gasteiger partial charge is 0.373 e. The molecule has 1 heterocycles. The van der Waals surface area contributed by atoms with Crippen molar-refractivity contribution >= 4 is 17.3 Å². The smallest absolute Gasteiger partial charge is 0.276 e. The second kappa shape index (κ2) is 7.24. The van der Waals surface area contributed by atoms with Gasteiger partial charge in [0, 0.05) is 13.6 Å². The molecular weight excluding hydrogens is 268 g/mol. The summed E-state index contributed by atoms with van der Waals surface area (Å²) in [5, 5.41) is 17.0. The Hall–Kier alpha value is -1.85. The molecular formula is C15H24N4O2. The summed E-state index contributed by atoms with van der Waals surface area (Å²) >= 11 is 0. The van der Waals surface area contributed by atoms with Crippen molar-refractivity contribution in [3.8, 4) is 0 Å². The number of hydrogen-bond acceptors (Lipinski definition) is 5. The van der Waals surface area contributed by atoms with E-state index in [2.05, 4.69) is 22.5 Å². The Morgan fingerprint density at radius 3 is 2.43 bits per heavy atom. The van der Waals surface area contributed by atoms with Crippen LogP contribution in [0.5, 0.6) is 0 Å². The summed E-state index contributed by atoms with van der Waals surface area (Å²) in [6.07, 6.45) is 6.34. The van der Waals surface area contributed by atoms with E-state index in [1.54, 1.807) is 7.05 Å². The maximum Gasteiger partial charge on any atom is 0.276 e. The van der Waals surface area contributed by atoms with Crippen molar-refractivity contribution < 1.29 is 4.92 Å². The van der Waals surface area contributed by atoms with Gasteiger partial charge in [0.2, 0.25) is 0 Å². The van der Waals surface area contributed by atoms with Crippen LogP contribution in [0.15, 0.2) is 12.1 Å². The Balaban J connectivity index is 1.93. The molecule has 1 aromatic rings. The zero-order valence-corrected chi connectivity index (χ0v) is 12.8. The number of hydrogen-bond donors (Lipinski definition) is 2. The molecule has 0 unspecified atom stereocenters. The predicted molar refractivity (Wildman–Crippen MR) is 84.7 cm³/mol. The van der Waals surface area contributed by atoms with Crippen LogP contribution in [-0.4, -0.2) is 23.5 Å². The van der Waals surface area contributed by atoms with Gasteiger partial charge < -0.3 is 10.6 Å². The van der Waals surface area contributed by atoms with Gasteiger partial charge in [0.25, 0.3) is 5.69 Å². The van der Waals surface area contributed by atoms with Gasteiger partial charge >= 0.3 is 0 Å². The molecule has 0 spiro atoms. The first-order valence-corrected chi connectivity index (χ1v) is 7.70. The minimum absolute atomic E-state index is 0.0616. The average molecular weight is 292 g/mol. The molecule has 0 atom stereocenters. The van der Waals surface area contributed by atoms with Crippen LogP contribution in [0.25, 0.3) is 0 Å². The zero-order chi connectivity index (χ0) is 15.2. The van der Waals surface area contributed by atoms with Gasteiger partial charge in [-0.1, -0.05) is 26.2 Å². The van der Waals surface area contributed by atoms with Crippen molar-refractivity contribution in [1.82, 2.24) is 4.98 Å². The Morgan fingerprint density at radius 1 is 1.24 bits per heavy atom. The molecule has 1 aromatic heterocycles. The summed E-state index contributed by atoms with van der Waals surface area (Å²) in [6, 6.07) is 2.94. The third-order valence-electron chi connectivity index (χ3n) is 4.39. The van der Waals surface area contributed by atoms with Crippen LogP contribution in [0, 0.1) is 22.0 Å². The van der Waals surface area contributed by atoms with E-state index in [1.807, 2.05) is 0 Å². The molecule has 1 fully saturated rings. The molecule has 0 radical (unpaired) electrons. The second-order valence-electron chi connectivity index (χ2n) is 5.78. The fraction of sp³-hybridized carbons (Fsp3) is 0.667. The lowest BCUT2D eigenvalue weighted by atomic mass is 9.81. The lowest BCUT2D eigenvalue weighted by Crippen LogP contribution is -2.21. The molecule has 116 valence electrons. The quantitative estimate of drug-likeness (QED) is 0.618. The standard InChI is InChI=1S/C15H24N4O2/c1-3-11-4-6-12(7-5-11)10-17-15-9-13(19(20)21)8-14(16-2)18-15/h8-9,11-12H,3-7,10H2,1-2H3,(H2,16,17,18). The highest BCUT2D eigenvalue weighted by atomic mass is 16.6. The molecule has 6 nitrogen and oxygen atoms in total. The zero-order valence-electron chi connectivity index (χ0n) is 12.8. The minimum atomic E-state index is -0.389. The highest BCUT2D eigenvalue weighted by molar-refractivity contribution is 5.54. The molecule has 1 aliphatic carbocycles. The van der Waals surface area contributed by atoms with Crippen LogP contribution < -0.4 is 10.6 Å². The fourth-order valence-electron chi connectivity index (χ4n) is 2.93. The topological polar surface area (TPSA) is 80.1 Å². The van der Waals surface area contributed by atoms with E-state index in [0.717, 1.165) is 12.5 Å². The summed E-state index contributed by atoms with van der Waals surface area (Å²) in [4.78, 5) is 14.9. The van der Waals surface area contributed by atoms with Crippen molar-refractivity contribution in [2.75, 3.05) is 24.2 Å². The average Bonchev–Trinajstić information content (AvgIpc) is 2.53. The summed E-state index contributed by atoms with van der Waals surface area (Å²) < 4.78 is 0. The van der Waals surface area contributed by atoms with Crippen LogP contribution in [0.4, 0.5) is 17.3 Å². The molecule has 0 bridgehead atoms. The molecule has 0 saturated heterocycles. The van der Waals surface area contributed by atoms with Gasteiger partial charge in [0.05, 0.1) is 17.1 Å². The number of aromatic nitrogens is 1. The maximum atomic E-state index is 10.9. The van der Waals surface area contributed by atoms with Crippen molar-refractivity contribution in [2.45, 2.75) is 39.0 Å². The van der Waals surface area contributed by atoms with Gasteiger partial charge in [-0.2, -0.15) is 0 Å². The second-order valence-corrected chi connectivity index (χ2v) is 5.78. The van der Waals surface area contributed by atoms with Crippen LogP contribution in [0.1, 0.15) is 39.0 Å². The molecule has 21 heavy (non-hydrogen) atoms. The monoisotopic (exact) mass is 292 g/mol. The predicted octanol–water partition coefficient (Wildman–Crippen LogP) is 3.66. The van der Waals surface area contributed by atoms with Crippen molar-refractivity contribution in [3.63, 3.8) is 0 Å².